The second kappa shape index (κ2) is 11.1. The van der Waals surface area contributed by atoms with E-state index in [4.69, 9.17) is 4.74 Å². The molecule has 1 aromatic carbocycles. The molecular formula is C23H36N4O2. The Balaban J connectivity index is 1.40. The Hall–Kier alpha value is -2.24. The summed E-state index contributed by atoms with van der Waals surface area (Å²) >= 11 is 0. The minimum absolute atomic E-state index is 0.267. The van der Waals surface area contributed by atoms with Crippen LogP contribution in [0.15, 0.2) is 29.3 Å². The summed E-state index contributed by atoms with van der Waals surface area (Å²) in [6, 6.07) is 8.56. The van der Waals surface area contributed by atoms with E-state index in [1.165, 1.54) is 18.4 Å². The molecule has 1 heterocycles. The number of aliphatic imine (C=N–C) groups is 1. The lowest BCUT2D eigenvalue weighted by molar-refractivity contribution is -0.134. The number of hydrogen-bond donors (Lipinski definition) is 2. The van der Waals surface area contributed by atoms with Crippen molar-refractivity contribution >= 4 is 11.9 Å². The molecule has 1 aromatic rings. The van der Waals surface area contributed by atoms with Gasteiger partial charge in [0.2, 0.25) is 5.91 Å². The van der Waals surface area contributed by atoms with Gasteiger partial charge in [0.05, 0.1) is 6.61 Å². The second-order valence-electron chi connectivity index (χ2n) is 8.14. The van der Waals surface area contributed by atoms with E-state index >= 15 is 0 Å². The van der Waals surface area contributed by atoms with Gasteiger partial charge >= 0.3 is 0 Å². The normalized spacial score (nSPS) is 20.1. The third-order valence-electron chi connectivity index (χ3n) is 5.85. The molecule has 160 valence electrons. The Bertz CT molecular complexity index is 685. The monoisotopic (exact) mass is 400 g/mol. The fraction of sp³-hybridized carbons (Fsp3) is 0.652. The zero-order valence-corrected chi connectivity index (χ0v) is 18.0. The molecule has 0 spiro atoms. The van der Waals surface area contributed by atoms with E-state index in [0.717, 1.165) is 70.1 Å². The zero-order chi connectivity index (χ0) is 20.5. The van der Waals surface area contributed by atoms with Gasteiger partial charge in [0.15, 0.2) is 5.96 Å². The predicted molar refractivity (Wildman–Crippen MR) is 117 cm³/mol. The first kappa shape index (κ1) is 21.5. The van der Waals surface area contributed by atoms with Crippen molar-refractivity contribution in [1.82, 2.24) is 15.5 Å². The van der Waals surface area contributed by atoms with Crippen LogP contribution in [0.4, 0.5) is 0 Å². The lowest BCUT2D eigenvalue weighted by Gasteiger charge is -2.21. The maximum Gasteiger partial charge on any atom is 0.225 e. The highest BCUT2D eigenvalue weighted by atomic mass is 16.5. The molecule has 1 unspecified atom stereocenters. The lowest BCUT2D eigenvalue weighted by atomic mass is 10.1. The number of carbonyl (C=O) groups excluding carboxylic acids is 1. The summed E-state index contributed by atoms with van der Waals surface area (Å²) in [5.41, 5.74) is 1.25. The Morgan fingerprint density at radius 1 is 1.28 bits per heavy atom. The van der Waals surface area contributed by atoms with Gasteiger partial charge in [-0.3, -0.25) is 9.79 Å². The third-order valence-corrected chi connectivity index (χ3v) is 5.85. The quantitative estimate of drug-likeness (QED) is 0.520. The standard InChI is InChI=1S/C23H36N4O2/c1-3-15-29-21-10-6-7-18(16-21)11-13-25-23(24-2)26-20-12-14-27(17-20)22(28)19-8-4-5-9-19/h6-7,10,16,19-20H,3-5,8-9,11-15,17H2,1-2H3,(H2,24,25,26). The summed E-state index contributed by atoms with van der Waals surface area (Å²) in [4.78, 5) is 19.0. The van der Waals surface area contributed by atoms with E-state index in [1.54, 1.807) is 7.05 Å². The van der Waals surface area contributed by atoms with Gasteiger partial charge in [0.25, 0.3) is 0 Å². The van der Waals surface area contributed by atoms with Crippen LogP contribution in [0.3, 0.4) is 0 Å². The van der Waals surface area contributed by atoms with Crippen LogP contribution in [0.5, 0.6) is 5.75 Å². The first-order chi connectivity index (χ1) is 14.2. The summed E-state index contributed by atoms with van der Waals surface area (Å²) in [5.74, 6) is 2.37. The smallest absolute Gasteiger partial charge is 0.225 e. The molecule has 1 aliphatic carbocycles. The number of ether oxygens (including phenoxy) is 1. The maximum absolute atomic E-state index is 12.6. The topological polar surface area (TPSA) is 66.0 Å². The van der Waals surface area contributed by atoms with Crippen LogP contribution in [0, 0.1) is 5.92 Å². The van der Waals surface area contributed by atoms with Crippen LogP contribution < -0.4 is 15.4 Å². The molecule has 29 heavy (non-hydrogen) atoms. The van der Waals surface area contributed by atoms with Gasteiger partial charge in [-0.05, 0) is 49.8 Å². The van der Waals surface area contributed by atoms with Gasteiger partial charge in [-0.2, -0.15) is 0 Å². The molecule has 1 atom stereocenters. The Labute approximate surface area is 175 Å². The second-order valence-corrected chi connectivity index (χ2v) is 8.14. The molecule has 0 aromatic heterocycles. The number of carbonyl (C=O) groups is 1. The van der Waals surface area contributed by atoms with Gasteiger partial charge in [0, 0.05) is 38.6 Å². The highest BCUT2D eigenvalue weighted by molar-refractivity contribution is 5.81. The number of amides is 1. The van der Waals surface area contributed by atoms with Gasteiger partial charge in [-0.25, -0.2) is 0 Å². The van der Waals surface area contributed by atoms with Crippen molar-refractivity contribution in [2.45, 2.75) is 57.9 Å². The number of guanidine groups is 1. The van der Waals surface area contributed by atoms with Gasteiger partial charge < -0.3 is 20.3 Å². The van der Waals surface area contributed by atoms with Crippen LogP contribution in [-0.2, 0) is 11.2 Å². The van der Waals surface area contributed by atoms with E-state index in [-0.39, 0.29) is 12.0 Å². The number of likely N-dealkylation sites (tertiary alicyclic amines) is 1. The van der Waals surface area contributed by atoms with E-state index in [9.17, 15) is 4.79 Å². The molecular weight excluding hydrogens is 364 g/mol. The number of nitrogens with one attached hydrogen (secondary N) is 2. The number of hydrogen-bond acceptors (Lipinski definition) is 3. The number of nitrogens with zero attached hydrogens (tertiary/aromatic N) is 2. The maximum atomic E-state index is 12.6. The predicted octanol–water partition coefficient (Wildman–Crippen LogP) is 2.97. The minimum atomic E-state index is 0.267. The Morgan fingerprint density at radius 3 is 2.86 bits per heavy atom. The van der Waals surface area contributed by atoms with Crippen molar-refractivity contribution in [1.29, 1.82) is 0 Å². The Kier molecular flexibility index (Phi) is 8.20. The van der Waals surface area contributed by atoms with Gasteiger partial charge in [-0.15, -0.1) is 0 Å². The first-order valence-corrected chi connectivity index (χ1v) is 11.2. The van der Waals surface area contributed by atoms with Crippen LogP contribution in [0.2, 0.25) is 0 Å². The van der Waals surface area contributed by atoms with Crippen LogP contribution in [-0.4, -0.2) is 56.1 Å². The molecule has 1 saturated carbocycles. The van der Waals surface area contributed by atoms with Crippen LogP contribution >= 0.6 is 0 Å². The third kappa shape index (κ3) is 6.38. The van der Waals surface area contributed by atoms with Crippen molar-refractivity contribution in [3.63, 3.8) is 0 Å². The van der Waals surface area contributed by atoms with Crippen molar-refractivity contribution < 1.29 is 9.53 Å². The van der Waals surface area contributed by atoms with Crippen molar-refractivity contribution in [3.05, 3.63) is 29.8 Å². The lowest BCUT2D eigenvalue weighted by Crippen LogP contribution is -2.45. The summed E-state index contributed by atoms with van der Waals surface area (Å²) in [6.45, 7) is 5.30. The molecule has 2 fully saturated rings. The van der Waals surface area contributed by atoms with Gasteiger partial charge in [-0.1, -0.05) is 31.9 Å². The molecule has 2 aliphatic rings. The van der Waals surface area contributed by atoms with E-state index in [0.29, 0.717) is 5.91 Å². The highest BCUT2D eigenvalue weighted by Gasteiger charge is 2.32. The molecule has 1 saturated heterocycles. The molecule has 1 amide bonds. The van der Waals surface area contributed by atoms with Crippen molar-refractivity contribution in [2.75, 3.05) is 33.3 Å². The molecule has 2 N–H and O–H groups in total. The summed E-state index contributed by atoms with van der Waals surface area (Å²) in [6.07, 6.45) is 7.45. The molecule has 1 aliphatic heterocycles. The Morgan fingerprint density at radius 2 is 2.10 bits per heavy atom. The highest BCUT2D eigenvalue weighted by Crippen LogP contribution is 2.27. The van der Waals surface area contributed by atoms with E-state index in [2.05, 4.69) is 34.7 Å². The molecule has 0 bridgehead atoms. The molecule has 6 nitrogen and oxygen atoms in total. The number of rotatable bonds is 8. The zero-order valence-electron chi connectivity index (χ0n) is 18.0. The number of benzene rings is 1. The van der Waals surface area contributed by atoms with Crippen LogP contribution in [0.25, 0.3) is 0 Å². The summed E-state index contributed by atoms with van der Waals surface area (Å²) in [5, 5.41) is 6.89. The van der Waals surface area contributed by atoms with Crippen LogP contribution in [0.1, 0.15) is 51.0 Å². The molecule has 6 heteroatoms. The van der Waals surface area contributed by atoms with Crippen molar-refractivity contribution in [2.24, 2.45) is 10.9 Å². The largest absolute Gasteiger partial charge is 0.494 e. The van der Waals surface area contributed by atoms with Crippen molar-refractivity contribution in [3.8, 4) is 5.75 Å². The van der Waals surface area contributed by atoms with E-state index < -0.39 is 0 Å². The fourth-order valence-corrected chi connectivity index (χ4v) is 4.23. The summed E-state index contributed by atoms with van der Waals surface area (Å²) in [7, 11) is 1.80. The summed E-state index contributed by atoms with van der Waals surface area (Å²) < 4.78 is 5.71. The van der Waals surface area contributed by atoms with Gasteiger partial charge in [0.1, 0.15) is 5.75 Å². The first-order valence-electron chi connectivity index (χ1n) is 11.2. The minimum Gasteiger partial charge on any atom is -0.494 e. The fourth-order valence-electron chi connectivity index (χ4n) is 4.23. The average Bonchev–Trinajstić information content (AvgIpc) is 3.43. The SMILES string of the molecule is CCCOc1cccc(CCNC(=NC)NC2CCN(C(=O)C3CCCC3)C2)c1. The molecule has 0 radical (unpaired) electrons. The molecule has 3 rings (SSSR count). The van der Waals surface area contributed by atoms with E-state index in [1.807, 2.05) is 17.0 Å². The average molecular weight is 401 g/mol.